The fourth-order valence-electron chi connectivity index (χ4n) is 4.47. The first-order chi connectivity index (χ1) is 9.33. The van der Waals surface area contributed by atoms with Gasteiger partial charge >= 0.3 is 0 Å². The quantitative estimate of drug-likeness (QED) is 0.657. The predicted molar refractivity (Wildman–Crippen MR) is 82.1 cm³/mol. The SMILES string of the molecule is CCCCCC1CCC(C2CCC(CO)CC2)CC1. The minimum absolute atomic E-state index is 0.427. The molecule has 2 aliphatic rings. The van der Waals surface area contributed by atoms with Crippen molar-refractivity contribution in [3.05, 3.63) is 0 Å². The van der Waals surface area contributed by atoms with Crippen LogP contribution in [0.4, 0.5) is 0 Å². The Morgan fingerprint density at radius 2 is 1.26 bits per heavy atom. The molecule has 0 heterocycles. The highest BCUT2D eigenvalue weighted by Gasteiger charge is 2.30. The van der Waals surface area contributed by atoms with E-state index in [9.17, 15) is 5.11 Å². The monoisotopic (exact) mass is 266 g/mol. The second-order valence-electron chi connectivity index (χ2n) is 7.24. The van der Waals surface area contributed by atoms with Gasteiger partial charge in [0.1, 0.15) is 0 Å². The molecule has 2 aliphatic carbocycles. The van der Waals surface area contributed by atoms with Crippen molar-refractivity contribution in [2.45, 2.75) is 84.0 Å². The van der Waals surface area contributed by atoms with Crippen LogP contribution in [0, 0.1) is 23.7 Å². The van der Waals surface area contributed by atoms with Crippen LogP contribution in [0.3, 0.4) is 0 Å². The Morgan fingerprint density at radius 3 is 1.74 bits per heavy atom. The van der Waals surface area contributed by atoms with E-state index in [4.69, 9.17) is 0 Å². The standard InChI is InChI=1S/C18H34O/c1-2-3-4-5-15-6-10-17(11-7-15)18-12-8-16(14-19)9-13-18/h15-19H,2-14H2,1H3. The van der Waals surface area contributed by atoms with Crippen LogP contribution in [0.15, 0.2) is 0 Å². The van der Waals surface area contributed by atoms with Gasteiger partial charge in [-0.15, -0.1) is 0 Å². The second kappa shape index (κ2) is 8.29. The molecular weight excluding hydrogens is 232 g/mol. The van der Waals surface area contributed by atoms with E-state index in [1.165, 1.54) is 77.0 Å². The average molecular weight is 266 g/mol. The predicted octanol–water partition coefficient (Wildman–Crippen LogP) is 5.17. The van der Waals surface area contributed by atoms with E-state index in [2.05, 4.69) is 6.92 Å². The van der Waals surface area contributed by atoms with E-state index in [1.54, 1.807) is 0 Å². The van der Waals surface area contributed by atoms with Gasteiger partial charge in [0.15, 0.2) is 0 Å². The zero-order valence-corrected chi connectivity index (χ0v) is 12.9. The maximum Gasteiger partial charge on any atom is 0.0459 e. The second-order valence-corrected chi connectivity index (χ2v) is 7.24. The van der Waals surface area contributed by atoms with Gasteiger partial charge in [0, 0.05) is 6.61 Å². The topological polar surface area (TPSA) is 20.2 Å². The first-order valence-corrected chi connectivity index (χ1v) is 8.94. The van der Waals surface area contributed by atoms with Crippen LogP contribution in [0.2, 0.25) is 0 Å². The minimum Gasteiger partial charge on any atom is -0.396 e. The number of hydrogen-bond donors (Lipinski definition) is 1. The maximum absolute atomic E-state index is 9.23. The molecule has 19 heavy (non-hydrogen) atoms. The highest BCUT2D eigenvalue weighted by Crippen LogP contribution is 2.42. The molecule has 0 aromatic rings. The van der Waals surface area contributed by atoms with Gasteiger partial charge in [-0.2, -0.15) is 0 Å². The number of aliphatic hydroxyl groups is 1. The molecule has 2 saturated carbocycles. The Hall–Kier alpha value is -0.0400. The van der Waals surface area contributed by atoms with Crippen molar-refractivity contribution < 1.29 is 5.11 Å². The van der Waals surface area contributed by atoms with Crippen molar-refractivity contribution in [1.82, 2.24) is 0 Å². The molecule has 1 N–H and O–H groups in total. The molecule has 0 unspecified atom stereocenters. The summed E-state index contributed by atoms with van der Waals surface area (Å²) in [7, 11) is 0. The van der Waals surface area contributed by atoms with E-state index in [-0.39, 0.29) is 0 Å². The Balaban J connectivity index is 1.63. The van der Waals surface area contributed by atoms with Gasteiger partial charge in [0.05, 0.1) is 0 Å². The van der Waals surface area contributed by atoms with Crippen molar-refractivity contribution >= 4 is 0 Å². The molecule has 112 valence electrons. The zero-order chi connectivity index (χ0) is 13.5. The molecule has 0 bridgehead atoms. The van der Waals surface area contributed by atoms with Crippen molar-refractivity contribution in [2.24, 2.45) is 23.7 Å². The van der Waals surface area contributed by atoms with E-state index < -0.39 is 0 Å². The van der Waals surface area contributed by atoms with Crippen LogP contribution < -0.4 is 0 Å². The zero-order valence-electron chi connectivity index (χ0n) is 12.9. The van der Waals surface area contributed by atoms with Crippen LogP contribution in [0.1, 0.15) is 84.0 Å². The van der Waals surface area contributed by atoms with Crippen LogP contribution in [-0.2, 0) is 0 Å². The molecule has 0 aliphatic heterocycles. The van der Waals surface area contributed by atoms with Crippen LogP contribution in [0.5, 0.6) is 0 Å². The Bertz CT molecular complexity index is 222. The molecular formula is C18H34O. The lowest BCUT2D eigenvalue weighted by atomic mass is 9.69. The molecule has 0 spiro atoms. The van der Waals surface area contributed by atoms with Crippen molar-refractivity contribution in [3.8, 4) is 0 Å². The summed E-state index contributed by atoms with van der Waals surface area (Å²) in [6.45, 7) is 2.73. The van der Waals surface area contributed by atoms with Crippen molar-refractivity contribution in [2.75, 3.05) is 6.61 Å². The summed E-state index contributed by atoms with van der Waals surface area (Å²) in [4.78, 5) is 0. The van der Waals surface area contributed by atoms with Crippen molar-refractivity contribution in [3.63, 3.8) is 0 Å². The van der Waals surface area contributed by atoms with Gasteiger partial charge in [0.2, 0.25) is 0 Å². The molecule has 0 amide bonds. The normalized spacial score (nSPS) is 36.3. The molecule has 2 rings (SSSR count). The first-order valence-electron chi connectivity index (χ1n) is 8.94. The van der Waals surface area contributed by atoms with Gasteiger partial charge in [-0.25, -0.2) is 0 Å². The maximum atomic E-state index is 9.23. The lowest BCUT2D eigenvalue weighted by Gasteiger charge is -2.37. The molecule has 0 atom stereocenters. The summed E-state index contributed by atoms with van der Waals surface area (Å²) in [5.41, 5.74) is 0. The summed E-state index contributed by atoms with van der Waals surface area (Å²) >= 11 is 0. The summed E-state index contributed by atoms with van der Waals surface area (Å²) < 4.78 is 0. The smallest absolute Gasteiger partial charge is 0.0459 e. The third kappa shape index (κ3) is 4.77. The fourth-order valence-corrected chi connectivity index (χ4v) is 4.47. The molecule has 2 fully saturated rings. The fraction of sp³-hybridized carbons (Fsp3) is 1.00. The molecule has 0 radical (unpaired) electrons. The average Bonchev–Trinajstić information content (AvgIpc) is 2.48. The van der Waals surface area contributed by atoms with Crippen LogP contribution in [0.25, 0.3) is 0 Å². The van der Waals surface area contributed by atoms with Gasteiger partial charge < -0.3 is 5.11 Å². The third-order valence-electron chi connectivity index (χ3n) is 5.92. The van der Waals surface area contributed by atoms with E-state index in [0.29, 0.717) is 12.5 Å². The molecule has 0 aromatic heterocycles. The van der Waals surface area contributed by atoms with Crippen LogP contribution in [-0.4, -0.2) is 11.7 Å². The summed E-state index contributed by atoms with van der Waals surface area (Å²) in [5, 5.41) is 9.23. The lowest BCUT2D eigenvalue weighted by molar-refractivity contribution is 0.115. The summed E-state index contributed by atoms with van der Waals surface area (Å²) in [6.07, 6.45) is 17.2. The summed E-state index contributed by atoms with van der Waals surface area (Å²) in [5.74, 6) is 3.71. The number of unbranched alkanes of at least 4 members (excludes halogenated alkanes) is 2. The third-order valence-corrected chi connectivity index (χ3v) is 5.92. The Kier molecular flexibility index (Phi) is 6.70. The van der Waals surface area contributed by atoms with E-state index in [1.807, 2.05) is 0 Å². The van der Waals surface area contributed by atoms with Crippen molar-refractivity contribution in [1.29, 1.82) is 0 Å². The minimum atomic E-state index is 0.427. The summed E-state index contributed by atoms with van der Waals surface area (Å²) in [6, 6.07) is 0. The lowest BCUT2D eigenvalue weighted by Crippen LogP contribution is -2.26. The van der Waals surface area contributed by atoms with E-state index >= 15 is 0 Å². The highest BCUT2D eigenvalue weighted by atomic mass is 16.3. The Labute approximate surface area is 120 Å². The van der Waals surface area contributed by atoms with Gasteiger partial charge in [-0.3, -0.25) is 0 Å². The largest absolute Gasteiger partial charge is 0.396 e. The van der Waals surface area contributed by atoms with E-state index in [0.717, 1.165) is 17.8 Å². The number of rotatable bonds is 6. The van der Waals surface area contributed by atoms with Gasteiger partial charge in [-0.05, 0) is 62.2 Å². The number of aliphatic hydroxyl groups excluding tert-OH is 1. The van der Waals surface area contributed by atoms with Crippen LogP contribution >= 0.6 is 0 Å². The Morgan fingerprint density at radius 1 is 0.737 bits per heavy atom. The van der Waals surface area contributed by atoms with Gasteiger partial charge in [-0.1, -0.05) is 45.4 Å². The number of hydrogen-bond acceptors (Lipinski definition) is 1. The highest BCUT2D eigenvalue weighted by molar-refractivity contribution is 4.81. The molecule has 1 nitrogen and oxygen atoms in total. The first kappa shape index (κ1) is 15.4. The molecule has 1 heteroatoms. The molecule has 0 saturated heterocycles. The van der Waals surface area contributed by atoms with Gasteiger partial charge in [0.25, 0.3) is 0 Å². The molecule has 0 aromatic carbocycles.